The maximum Gasteiger partial charge on any atom is 1.00 e. The van der Waals surface area contributed by atoms with Crippen molar-refractivity contribution in [3.63, 3.8) is 0 Å². The van der Waals surface area contributed by atoms with Gasteiger partial charge in [-0.05, 0) is 12.1 Å². The van der Waals surface area contributed by atoms with E-state index in [2.05, 4.69) is 10.0 Å². The van der Waals surface area contributed by atoms with Crippen LogP contribution in [0.15, 0.2) is 53.4 Å². The molecule has 0 spiro atoms. The molecule has 0 radical (unpaired) electrons. The van der Waals surface area contributed by atoms with Crippen LogP contribution in [0.4, 0.5) is 17.1 Å². The number of hydrogen-bond donors (Lipinski definition) is 1. The molecule has 1 N–H and O–H groups in total. The average Bonchev–Trinajstić information content (AvgIpc) is 2.42. The minimum atomic E-state index is -3.54. The summed E-state index contributed by atoms with van der Waals surface area (Å²) in [4.78, 5) is 0.205. The zero-order valence-electron chi connectivity index (χ0n) is 9.79. The van der Waals surface area contributed by atoms with Crippen molar-refractivity contribution in [2.45, 2.75) is 4.90 Å². The zero-order valence-corrected chi connectivity index (χ0v) is 15.5. The summed E-state index contributed by atoms with van der Waals surface area (Å²) in [6.07, 6.45) is 0. The summed E-state index contributed by atoms with van der Waals surface area (Å²) in [6, 6.07) is 13.8. The van der Waals surface area contributed by atoms with E-state index in [1.54, 1.807) is 42.5 Å². The molecule has 0 saturated heterocycles. The van der Waals surface area contributed by atoms with E-state index in [4.69, 9.17) is 0 Å². The average molecular weight is 331 g/mol. The molecule has 2 aromatic rings. The van der Waals surface area contributed by atoms with Crippen molar-refractivity contribution in [2.24, 2.45) is 0 Å². The Labute approximate surface area is 155 Å². The van der Waals surface area contributed by atoms with Gasteiger partial charge in [-0.15, -0.1) is 11.4 Å². The van der Waals surface area contributed by atoms with E-state index in [1.165, 1.54) is 0 Å². The first-order valence-corrected chi connectivity index (χ1v) is 6.58. The van der Waals surface area contributed by atoms with E-state index < -0.39 is 10.0 Å². The maximum absolute atomic E-state index is 12.1. The zero-order chi connectivity index (χ0) is 11.9. The normalized spacial score (nSPS) is 14.9. The molecule has 1 aliphatic rings. The molecule has 3 rings (SSSR count). The van der Waals surface area contributed by atoms with Gasteiger partial charge in [0, 0.05) is 5.69 Å². The number of benzene rings is 2. The van der Waals surface area contributed by atoms with Gasteiger partial charge in [0.15, 0.2) is 0 Å². The van der Waals surface area contributed by atoms with Gasteiger partial charge in [0.2, 0.25) is 0 Å². The van der Waals surface area contributed by atoms with Crippen molar-refractivity contribution < 1.29 is 66.6 Å². The van der Waals surface area contributed by atoms with Crippen LogP contribution in [0.5, 0.6) is 0 Å². The Hall–Kier alpha value is -0.205. The number of para-hydroxylation sites is 3. The summed E-state index contributed by atoms with van der Waals surface area (Å²) >= 11 is 0. The van der Waals surface area contributed by atoms with Crippen LogP contribution in [0, 0.1) is 0 Å². The van der Waals surface area contributed by atoms with E-state index in [1.807, 2.05) is 6.07 Å². The molecule has 0 saturated carbocycles. The van der Waals surface area contributed by atoms with E-state index in [-0.39, 0.29) is 63.1 Å². The molecule has 0 bridgehead atoms. The van der Waals surface area contributed by atoms with Gasteiger partial charge in [-0.1, -0.05) is 36.4 Å². The molecule has 86 valence electrons. The third-order valence-corrected chi connectivity index (χ3v) is 3.96. The third-order valence-electron chi connectivity index (χ3n) is 2.54. The molecule has 6 heteroatoms. The fraction of sp³-hybridized carbons (Fsp3) is 0. The molecule has 2 aromatic carbocycles. The van der Waals surface area contributed by atoms with Gasteiger partial charge < -0.3 is 5.32 Å². The standard InChI is InChI=1S/C12H9N2O2S.Rb/c15-17(16)12-8-4-3-7-11(12)13-9-5-1-2-6-10(9)14-17;/h1-8,14H;/q-1;+1. The van der Waals surface area contributed by atoms with Crippen LogP contribution in [0.2, 0.25) is 0 Å². The Kier molecular flexibility index (Phi) is 4.28. The molecule has 18 heavy (non-hydrogen) atoms. The van der Waals surface area contributed by atoms with Crippen molar-refractivity contribution >= 4 is 27.1 Å². The molecule has 0 unspecified atom stereocenters. The van der Waals surface area contributed by atoms with Gasteiger partial charge in [0.25, 0.3) is 10.0 Å². The Morgan fingerprint density at radius 1 is 0.889 bits per heavy atom. The smallest absolute Gasteiger partial charge is 0.655 e. The van der Waals surface area contributed by atoms with Crippen molar-refractivity contribution in [3.05, 3.63) is 53.8 Å². The van der Waals surface area contributed by atoms with Crippen LogP contribution in [0.1, 0.15) is 0 Å². The number of hydrogen-bond acceptors (Lipinski definition) is 2. The van der Waals surface area contributed by atoms with E-state index in [9.17, 15) is 8.42 Å². The summed E-state index contributed by atoms with van der Waals surface area (Å²) in [5, 5.41) is 4.36. The third kappa shape index (κ3) is 2.55. The largest absolute Gasteiger partial charge is 1.00 e. The monoisotopic (exact) mass is 330 g/mol. The number of anilines is 1. The van der Waals surface area contributed by atoms with Crippen LogP contribution >= 0.6 is 0 Å². The SMILES string of the molecule is O=S1(=O)Nc2ccccc2[N-]c2ccccc21.[Rb+]. The van der Waals surface area contributed by atoms with Gasteiger partial charge in [-0.25, -0.2) is 8.42 Å². The maximum atomic E-state index is 12.1. The van der Waals surface area contributed by atoms with Crippen LogP contribution in [0.25, 0.3) is 5.32 Å². The fourth-order valence-corrected chi connectivity index (χ4v) is 2.98. The first kappa shape index (κ1) is 14.2. The minimum absolute atomic E-state index is 0. The molecule has 0 aliphatic carbocycles. The van der Waals surface area contributed by atoms with Gasteiger partial charge in [-0.2, -0.15) is 0 Å². The summed E-state index contributed by atoms with van der Waals surface area (Å²) in [5.74, 6) is 0. The minimum Gasteiger partial charge on any atom is -0.655 e. The number of nitrogens with zero attached hydrogens (tertiary/aromatic N) is 1. The van der Waals surface area contributed by atoms with Crippen molar-refractivity contribution in [2.75, 3.05) is 4.72 Å². The summed E-state index contributed by atoms with van der Waals surface area (Å²) in [5.41, 5.74) is 1.59. The molecule has 0 aromatic heterocycles. The molecule has 4 nitrogen and oxygen atoms in total. The Morgan fingerprint density at radius 2 is 1.50 bits per heavy atom. The topological polar surface area (TPSA) is 60.3 Å². The second-order valence-corrected chi connectivity index (χ2v) is 5.35. The molecule has 0 atom stereocenters. The molecular weight excluding hydrogens is 322 g/mol. The molecular formula is C12H9N2O2RbS. The second-order valence-electron chi connectivity index (χ2n) is 3.70. The summed E-state index contributed by atoms with van der Waals surface area (Å²) < 4.78 is 26.7. The van der Waals surface area contributed by atoms with Crippen LogP contribution in [-0.2, 0) is 10.0 Å². The van der Waals surface area contributed by atoms with Crippen LogP contribution < -0.4 is 62.9 Å². The van der Waals surface area contributed by atoms with E-state index >= 15 is 0 Å². The first-order valence-electron chi connectivity index (χ1n) is 5.09. The van der Waals surface area contributed by atoms with E-state index in [0.717, 1.165) is 0 Å². The Morgan fingerprint density at radius 3 is 2.28 bits per heavy atom. The van der Waals surface area contributed by atoms with Crippen LogP contribution in [0.3, 0.4) is 0 Å². The summed E-state index contributed by atoms with van der Waals surface area (Å²) in [7, 11) is -3.54. The van der Waals surface area contributed by atoms with Crippen molar-refractivity contribution in [1.29, 1.82) is 0 Å². The Bertz CT molecular complexity index is 686. The van der Waals surface area contributed by atoms with Gasteiger partial charge in [0.1, 0.15) is 0 Å². The Balaban J connectivity index is 0.00000120. The quantitative estimate of drug-likeness (QED) is 0.747. The number of fused-ring (bicyclic) bond motifs is 2. The number of rotatable bonds is 0. The molecule has 0 fully saturated rings. The van der Waals surface area contributed by atoms with Gasteiger partial charge >= 0.3 is 58.2 Å². The van der Waals surface area contributed by atoms with Crippen molar-refractivity contribution in [3.8, 4) is 0 Å². The van der Waals surface area contributed by atoms with Crippen molar-refractivity contribution in [1.82, 2.24) is 0 Å². The summed E-state index contributed by atoms with van der Waals surface area (Å²) in [6.45, 7) is 0. The fourth-order valence-electron chi connectivity index (χ4n) is 1.76. The first-order chi connectivity index (χ1) is 8.17. The molecule has 1 heterocycles. The van der Waals surface area contributed by atoms with Gasteiger partial charge in [-0.3, -0.25) is 4.72 Å². The van der Waals surface area contributed by atoms with Gasteiger partial charge in [0.05, 0.1) is 4.90 Å². The molecule has 0 amide bonds. The predicted octanol–water partition coefficient (Wildman–Crippen LogP) is 0.142. The van der Waals surface area contributed by atoms with E-state index in [0.29, 0.717) is 17.1 Å². The second kappa shape index (κ2) is 5.42. The number of nitrogens with one attached hydrogen (secondary N) is 1. The number of sulfonamides is 1. The predicted molar refractivity (Wildman–Crippen MR) is 66.4 cm³/mol. The molecule has 1 aliphatic heterocycles. The van der Waals surface area contributed by atoms with Crippen LogP contribution in [-0.4, -0.2) is 8.42 Å².